The van der Waals surface area contributed by atoms with Crippen molar-refractivity contribution < 1.29 is 4.52 Å². The van der Waals surface area contributed by atoms with E-state index < -0.39 is 0 Å². The molecule has 0 aliphatic carbocycles. The third kappa shape index (κ3) is 4.11. The zero-order valence-corrected chi connectivity index (χ0v) is 18.2. The fourth-order valence-electron chi connectivity index (χ4n) is 2.88. The molecule has 1 atom stereocenters. The highest BCUT2D eigenvalue weighted by Crippen LogP contribution is 2.35. The summed E-state index contributed by atoms with van der Waals surface area (Å²) in [6.45, 7) is 10.9. The van der Waals surface area contributed by atoms with E-state index in [0.29, 0.717) is 12.4 Å². The summed E-state index contributed by atoms with van der Waals surface area (Å²) in [5.74, 6) is 1.31. The van der Waals surface area contributed by atoms with Crippen LogP contribution in [0.5, 0.6) is 0 Å². The molecule has 0 aliphatic heterocycles. The summed E-state index contributed by atoms with van der Waals surface area (Å²) in [4.78, 5) is 24.4. The average molecular weight is 407 g/mol. The summed E-state index contributed by atoms with van der Waals surface area (Å²) in [5.41, 5.74) is 1.10. The van der Waals surface area contributed by atoms with Crippen molar-refractivity contribution in [3.05, 3.63) is 32.5 Å². The number of hydrogen-bond acceptors (Lipinski definition) is 7. The van der Waals surface area contributed by atoms with E-state index in [4.69, 9.17) is 9.51 Å². The van der Waals surface area contributed by atoms with Gasteiger partial charge in [0.2, 0.25) is 5.89 Å². The van der Waals surface area contributed by atoms with Gasteiger partial charge in [-0.15, -0.1) is 11.3 Å². The Hall–Kier alpha value is -1.67. The van der Waals surface area contributed by atoms with Gasteiger partial charge < -0.3 is 4.52 Å². The third-order valence-electron chi connectivity index (χ3n) is 4.58. The lowest BCUT2D eigenvalue weighted by Crippen LogP contribution is -2.23. The lowest BCUT2D eigenvalue weighted by molar-refractivity contribution is 0.374. The lowest BCUT2D eigenvalue weighted by Gasteiger charge is -2.13. The van der Waals surface area contributed by atoms with E-state index in [0.717, 1.165) is 57.3 Å². The summed E-state index contributed by atoms with van der Waals surface area (Å²) in [7, 11) is 0. The second-order valence-corrected chi connectivity index (χ2v) is 9.24. The number of thioether (sulfide) groups is 1. The Morgan fingerprint density at radius 2 is 2.00 bits per heavy atom. The Morgan fingerprint density at radius 3 is 2.70 bits per heavy atom. The van der Waals surface area contributed by atoms with Gasteiger partial charge in [-0.1, -0.05) is 37.2 Å². The molecule has 3 rings (SSSR count). The Balaban J connectivity index is 1.99. The molecule has 6 nitrogen and oxygen atoms in total. The first-order chi connectivity index (χ1) is 13.0. The number of thiophene rings is 1. The first kappa shape index (κ1) is 20.1. The van der Waals surface area contributed by atoms with Gasteiger partial charge in [-0.25, -0.2) is 4.98 Å². The minimum atomic E-state index is -0.0671. The Kier molecular flexibility index (Phi) is 6.37. The van der Waals surface area contributed by atoms with Crippen LogP contribution in [0.3, 0.4) is 0 Å². The van der Waals surface area contributed by atoms with Crippen molar-refractivity contribution in [2.75, 3.05) is 0 Å². The molecule has 3 aromatic rings. The van der Waals surface area contributed by atoms with Crippen LogP contribution in [0.1, 0.15) is 67.4 Å². The maximum Gasteiger partial charge on any atom is 0.263 e. The molecule has 0 saturated heterocycles. The molecular formula is C19H26N4O2S2. The molecule has 3 heterocycles. The molecule has 8 heteroatoms. The molecule has 0 amide bonds. The number of rotatable bonds is 8. The second-order valence-electron chi connectivity index (χ2n) is 6.73. The van der Waals surface area contributed by atoms with E-state index in [1.54, 1.807) is 11.3 Å². The molecule has 27 heavy (non-hydrogen) atoms. The van der Waals surface area contributed by atoms with Gasteiger partial charge in [0, 0.05) is 17.8 Å². The van der Waals surface area contributed by atoms with E-state index in [2.05, 4.69) is 24.0 Å². The summed E-state index contributed by atoms with van der Waals surface area (Å²) in [6.07, 6.45) is 3.75. The Bertz CT molecular complexity index is 990. The summed E-state index contributed by atoms with van der Waals surface area (Å²) in [5, 5.41) is 5.45. The van der Waals surface area contributed by atoms with Crippen LogP contribution < -0.4 is 5.56 Å². The molecule has 0 spiro atoms. The van der Waals surface area contributed by atoms with Gasteiger partial charge >= 0.3 is 0 Å². The molecule has 0 N–H and O–H groups in total. The molecule has 3 aromatic heterocycles. The van der Waals surface area contributed by atoms with Gasteiger partial charge in [0.1, 0.15) is 4.83 Å². The first-order valence-electron chi connectivity index (χ1n) is 9.45. The first-order valence-corrected chi connectivity index (χ1v) is 11.2. The summed E-state index contributed by atoms with van der Waals surface area (Å²) < 4.78 is 7.23. The third-order valence-corrected chi connectivity index (χ3v) is 6.76. The molecule has 0 fully saturated rings. The van der Waals surface area contributed by atoms with E-state index >= 15 is 0 Å². The minimum absolute atomic E-state index is 0.0576. The lowest BCUT2D eigenvalue weighted by atomic mass is 10.2. The van der Waals surface area contributed by atoms with Crippen molar-refractivity contribution in [2.24, 2.45) is 0 Å². The van der Waals surface area contributed by atoms with E-state index in [1.165, 1.54) is 11.8 Å². The predicted octanol–water partition coefficient (Wildman–Crippen LogP) is 5.06. The van der Waals surface area contributed by atoms with Crippen molar-refractivity contribution in [3.8, 4) is 0 Å². The number of fused-ring (bicyclic) bond motifs is 1. The van der Waals surface area contributed by atoms with Crippen molar-refractivity contribution in [1.29, 1.82) is 0 Å². The zero-order valence-electron chi connectivity index (χ0n) is 16.5. The fraction of sp³-hybridized carbons (Fsp3) is 0.579. The summed E-state index contributed by atoms with van der Waals surface area (Å²) in [6, 6.07) is 0. The van der Waals surface area contributed by atoms with Crippen LogP contribution in [-0.2, 0) is 13.0 Å². The molecule has 0 aliphatic rings. The van der Waals surface area contributed by atoms with E-state index in [9.17, 15) is 4.79 Å². The highest BCUT2D eigenvalue weighted by Gasteiger charge is 2.21. The van der Waals surface area contributed by atoms with Gasteiger partial charge in [-0.2, -0.15) is 4.98 Å². The Labute approximate surface area is 167 Å². The SMILES string of the molecule is CCCCn1c(SC(C)c2nc(CCC)no2)nc2sc(C)c(C)c2c1=O. The predicted molar refractivity (Wildman–Crippen MR) is 111 cm³/mol. The monoisotopic (exact) mass is 406 g/mol. The van der Waals surface area contributed by atoms with Crippen LogP contribution in [0.15, 0.2) is 14.5 Å². The van der Waals surface area contributed by atoms with Gasteiger partial charge in [0.25, 0.3) is 5.56 Å². The van der Waals surface area contributed by atoms with Crippen LogP contribution in [0.25, 0.3) is 10.2 Å². The van der Waals surface area contributed by atoms with Crippen LogP contribution in [-0.4, -0.2) is 19.7 Å². The van der Waals surface area contributed by atoms with Gasteiger partial charge in [0.05, 0.1) is 10.6 Å². The molecule has 1 unspecified atom stereocenters. The molecule has 0 radical (unpaired) electrons. The molecule has 146 valence electrons. The largest absolute Gasteiger partial charge is 0.338 e. The highest BCUT2D eigenvalue weighted by molar-refractivity contribution is 7.99. The summed E-state index contributed by atoms with van der Waals surface area (Å²) >= 11 is 3.10. The van der Waals surface area contributed by atoms with Crippen LogP contribution in [0.4, 0.5) is 0 Å². The number of aryl methyl sites for hydroxylation is 3. The molecular weight excluding hydrogens is 380 g/mol. The fourth-order valence-corrected chi connectivity index (χ4v) is 4.91. The number of aromatic nitrogens is 4. The molecule has 0 aromatic carbocycles. The average Bonchev–Trinajstić information content (AvgIpc) is 3.20. The number of hydrogen-bond donors (Lipinski definition) is 0. The van der Waals surface area contributed by atoms with Crippen LogP contribution in [0.2, 0.25) is 0 Å². The Morgan fingerprint density at radius 1 is 1.22 bits per heavy atom. The van der Waals surface area contributed by atoms with Crippen LogP contribution >= 0.6 is 23.1 Å². The maximum atomic E-state index is 13.2. The minimum Gasteiger partial charge on any atom is -0.338 e. The smallest absolute Gasteiger partial charge is 0.263 e. The van der Waals surface area contributed by atoms with E-state index in [1.807, 2.05) is 25.3 Å². The zero-order chi connectivity index (χ0) is 19.6. The van der Waals surface area contributed by atoms with Gasteiger partial charge in [-0.05, 0) is 39.2 Å². The molecule has 0 saturated carbocycles. The number of unbranched alkanes of at least 4 members (excludes halogenated alkanes) is 1. The van der Waals surface area contributed by atoms with E-state index in [-0.39, 0.29) is 10.8 Å². The standard InChI is InChI=1S/C19H26N4O2S2/c1-6-8-10-23-18(24)15-11(3)12(4)26-17(15)21-19(23)27-13(5)16-20-14(9-7-2)22-25-16/h13H,6-10H2,1-5H3. The van der Waals surface area contributed by atoms with Crippen molar-refractivity contribution in [2.45, 2.75) is 77.3 Å². The van der Waals surface area contributed by atoms with Crippen LogP contribution in [0, 0.1) is 13.8 Å². The quantitative estimate of drug-likeness (QED) is 0.384. The molecule has 0 bridgehead atoms. The highest BCUT2D eigenvalue weighted by atomic mass is 32.2. The second kappa shape index (κ2) is 8.56. The van der Waals surface area contributed by atoms with Gasteiger partial charge in [-0.3, -0.25) is 9.36 Å². The normalized spacial score (nSPS) is 12.8. The topological polar surface area (TPSA) is 73.8 Å². The number of nitrogens with zero attached hydrogens (tertiary/aromatic N) is 4. The van der Waals surface area contributed by atoms with Crippen molar-refractivity contribution in [3.63, 3.8) is 0 Å². The van der Waals surface area contributed by atoms with Crippen molar-refractivity contribution in [1.82, 2.24) is 19.7 Å². The maximum absolute atomic E-state index is 13.2. The van der Waals surface area contributed by atoms with Gasteiger partial charge in [0.15, 0.2) is 11.0 Å². The van der Waals surface area contributed by atoms with Crippen molar-refractivity contribution >= 4 is 33.3 Å².